The molecule has 0 amide bonds. The molecule has 4 heteroatoms. The normalized spacial score (nSPS) is 9.43. The number of aromatic nitrogens is 3. The fourth-order valence-electron chi connectivity index (χ4n) is 3.23. The van der Waals surface area contributed by atoms with Crippen LogP contribution in [-0.4, -0.2) is 20.8 Å². The Morgan fingerprint density at radius 3 is 0.800 bits per heavy atom. The summed E-state index contributed by atoms with van der Waals surface area (Å²) in [5, 5.41) is 0. The first-order valence-electron chi connectivity index (χ1n) is 13.5. The molecule has 3 aromatic rings. The number of hydrogen-bond acceptors (Lipinski definition) is 3. The fourth-order valence-corrected chi connectivity index (χ4v) is 3.42. The molecule has 0 N–H and O–H groups in total. The summed E-state index contributed by atoms with van der Waals surface area (Å²) < 4.78 is 0. The lowest BCUT2D eigenvalue weighted by Gasteiger charge is -2.02. The average molecular weight is 498 g/mol. The summed E-state index contributed by atoms with van der Waals surface area (Å²) in [4.78, 5) is 11.4. The van der Waals surface area contributed by atoms with Crippen LogP contribution in [0, 0.1) is 0 Å². The van der Waals surface area contributed by atoms with Crippen molar-refractivity contribution in [2.45, 2.75) is 96.8 Å². The van der Waals surface area contributed by atoms with Crippen LogP contribution >= 0.6 is 11.6 Å². The van der Waals surface area contributed by atoms with Crippen LogP contribution in [0.2, 0.25) is 0 Å². The molecule has 0 radical (unpaired) electrons. The third-order valence-corrected chi connectivity index (χ3v) is 5.45. The van der Waals surface area contributed by atoms with E-state index in [2.05, 4.69) is 21.9 Å². The van der Waals surface area contributed by atoms with Gasteiger partial charge in [0.1, 0.15) is 0 Å². The van der Waals surface area contributed by atoms with Gasteiger partial charge in [0.05, 0.1) is 0 Å². The van der Waals surface area contributed by atoms with Crippen molar-refractivity contribution in [3.63, 3.8) is 0 Å². The second-order valence-electron chi connectivity index (χ2n) is 8.36. The second-order valence-corrected chi connectivity index (χ2v) is 8.74. The van der Waals surface area contributed by atoms with Crippen LogP contribution in [0.25, 0.3) is 0 Å². The highest BCUT2D eigenvalue weighted by molar-refractivity contribution is 6.17. The van der Waals surface area contributed by atoms with Gasteiger partial charge in [-0.05, 0) is 42.8 Å². The lowest BCUT2D eigenvalue weighted by molar-refractivity contribution is 0.538. The molecule has 3 aromatic heterocycles. The minimum Gasteiger partial charge on any atom is -0.265 e. The number of alkyl halides is 1. The maximum absolute atomic E-state index is 5.64. The van der Waals surface area contributed by atoms with Crippen molar-refractivity contribution in [2.75, 3.05) is 5.88 Å². The first-order valence-corrected chi connectivity index (χ1v) is 14.1. The summed E-state index contributed by atoms with van der Waals surface area (Å²) in [6, 6.07) is 17.1. The van der Waals surface area contributed by atoms with Crippen molar-refractivity contribution < 1.29 is 0 Å². The van der Waals surface area contributed by atoms with Crippen LogP contribution < -0.4 is 0 Å². The predicted molar refractivity (Wildman–Crippen MR) is 154 cm³/mol. The maximum Gasteiger partial charge on any atom is 0.0267 e. The molecule has 0 aliphatic heterocycles. The van der Waals surface area contributed by atoms with Crippen molar-refractivity contribution in [3.05, 3.63) is 91.8 Å². The molecule has 3 heterocycles. The Morgan fingerprint density at radius 2 is 0.629 bits per heavy atom. The lowest BCUT2D eigenvalue weighted by atomic mass is 10.0. The number of hydrogen-bond donors (Lipinski definition) is 0. The molecular formula is C31H48ClN3. The minimum atomic E-state index is 0.845. The smallest absolute Gasteiger partial charge is 0.0267 e. The largest absolute Gasteiger partial charge is 0.265 e. The van der Waals surface area contributed by atoms with Crippen LogP contribution in [0.3, 0.4) is 0 Å². The van der Waals surface area contributed by atoms with Crippen LogP contribution in [-0.2, 0) is 0 Å². The molecule has 194 valence electrons. The first kappa shape index (κ1) is 32.7. The Hall–Kier alpha value is -2.26. The van der Waals surface area contributed by atoms with Gasteiger partial charge >= 0.3 is 0 Å². The molecule has 0 saturated heterocycles. The number of nitrogens with zero attached hydrogens (tertiary/aromatic N) is 3. The molecule has 0 spiro atoms. The molecular weight excluding hydrogens is 450 g/mol. The Balaban J connectivity index is 0.000000513. The highest BCUT2D eigenvalue weighted by atomic mass is 35.5. The highest BCUT2D eigenvalue weighted by Gasteiger charge is 1.93. The number of halogens is 1. The number of unbranched alkanes of at least 4 members (excludes halogenated alkanes) is 13. The molecule has 0 fully saturated rings. The zero-order valence-corrected chi connectivity index (χ0v) is 22.7. The van der Waals surface area contributed by atoms with Gasteiger partial charge in [-0.3, -0.25) is 15.0 Å². The van der Waals surface area contributed by atoms with Crippen LogP contribution in [0.15, 0.2) is 91.8 Å². The van der Waals surface area contributed by atoms with Gasteiger partial charge in [-0.1, -0.05) is 109 Å². The van der Waals surface area contributed by atoms with Crippen LogP contribution in [0.1, 0.15) is 96.8 Å². The number of rotatable bonds is 14. The molecule has 35 heavy (non-hydrogen) atoms. The van der Waals surface area contributed by atoms with Crippen LogP contribution in [0.4, 0.5) is 0 Å². The van der Waals surface area contributed by atoms with Crippen molar-refractivity contribution in [3.8, 4) is 0 Å². The molecule has 0 aliphatic carbocycles. The van der Waals surface area contributed by atoms with E-state index in [1.165, 1.54) is 89.9 Å². The minimum absolute atomic E-state index is 0.845. The van der Waals surface area contributed by atoms with Gasteiger partial charge < -0.3 is 0 Å². The third kappa shape index (κ3) is 31.7. The maximum atomic E-state index is 5.64. The summed E-state index contributed by atoms with van der Waals surface area (Å²) in [7, 11) is 0. The number of pyridine rings is 3. The van der Waals surface area contributed by atoms with Crippen molar-refractivity contribution >= 4 is 11.6 Å². The highest BCUT2D eigenvalue weighted by Crippen LogP contribution is 2.12. The third-order valence-electron chi connectivity index (χ3n) is 5.19. The van der Waals surface area contributed by atoms with Crippen LogP contribution in [0.5, 0.6) is 0 Å². The Kier molecular flexibility index (Phi) is 29.7. The molecule has 0 unspecified atom stereocenters. The van der Waals surface area contributed by atoms with Crippen molar-refractivity contribution in [2.24, 2.45) is 0 Å². The monoisotopic (exact) mass is 497 g/mol. The quantitative estimate of drug-likeness (QED) is 0.164. The molecule has 3 rings (SSSR count). The Morgan fingerprint density at radius 1 is 0.371 bits per heavy atom. The molecule has 0 atom stereocenters. The molecule has 0 saturated carbocycles. The summed E-state index contributed by atoms with van der Waals surface area (Å²) in [6.07, 6.45) is 30.3. The SMILES string of the molecule is CCCCCCCCCCCCCCCCCl.c1ccncc1.c1ccncc1.c1ccncc1. The van der Waals surface area contributed by atoms with Crippen molar-refractivity contribution in [1.29, 1.82) is 0 Å². The van der Waals surface area contributed by atoms with E-state index in [0.717, 1.165) is 5.88 Å². The fraction of sp³-hybridized carbons (Fsp3) is 0.516. The molecule has 3 nitrogen and oxygen atoms in total. The summed E-state index contributed by atoms with van der Waals surface area (Å²) in [5.74, 6) is 0.845. The predicted octanol–water partition coefficient (Wildman–Crippen LogP) is 9.95. The zero-order valence-electron chi connectivity index (χ0n) is 22.0. The average Bonchev–Trinajstić information content (AvgIpc) is 2.95. The van der Waals surface area contributed by atoms with E-state index in [4.69, 9.17) is 11.6 Å². The van der Waals surface area contributed by atoms with Gasteiger partial charge in [-0.15, -0.1) is 11.6 Å². The Bertz CT molecular complexity index is 514. The van der Waals surface area contributed by atoms with Crippen molar-refractivity contribution in [1.82, 2.24) is 15.0 Å². The van der Waals surface area contributed by atoms with Gasteiger partial charge in [0.15, 0.2) is 0 Å². The van der Waals surface area contributed by atoms with E-state index < -0.39 is 0 Å². The summed E-state index contributed by atoms with van der Waals surface area (Å²) >= 11 is 5.64. The van der Waals surface area contributed by atoms with Gasteiger partial charge in [0.25, 0.3) is 0 Å². The zero-order chi connectivity index (χ0) is 25.3. The molecule has 0 aromatic carbocycles. The van der Waals surface area contributed by atoms with E-state index in [0.29, 0.717) is 0 Å². The first-order chi connectivity index (χ1) is 17.4. The van der Waals surface area contributed by atoms with Gasteiger partial charge in [0, 0.05) is 43.1 Å². The topological polar surface area (TPSA) is 38.7 Å². The van der Waals surface area contributed by atoms with Gasteiger partial charge in [-0.2, -0.15) is 0 Å². The standard InChI is InChI=1S/C16H33Cl.3C5H5N/c1-2-3-4-5-6-7-8-9-10-11-12-13-14-15-16-17;3*1-2-4-6-5-3-1/h2-16H2,1H3;3*1-5H. The van der Waals surface area contributed by atoms with E-state index in [-0.39, 0.29) is 0 Å². The molecule has 0 bridgehead atoms. The Labute approximate surface area is 220 Å². The van der Waals surface area contributed by atoms with E-state index in [9.17, 15) is 0 Å². The van der Waals surface area contributed by atoms with Gasteiger partial charge in [-0.25, -0.2) is 0 Å². The summed E-state index contributed by atoms with van der Waals surface area (Å²) in [5.41, 5.74) is 0. The lowest BCUT2D eigenvalue weighted by Crippen LogP contribution is -1.83. The molecule has 0 aliphatic rings. The van der Waals surface area contributed by atoms with Gasteiger partial charge in [0.2, 0.25) is 0 Å². The van der Waals surface area contributed by atoms with E-state index >= 15 is 0 Å². The van der Waals surface area contributed by atoms with E-state index in [1.54, 1.807) is 37.2 Å². The summed E-state index contributed by atoms with van der Waals surface area (Å²) in [6.45, 7) is 2.28. The van der Waals surface area contributed by atoms with E-state index in [1.807, 2.05) is 54.6 Å². The second kappa shape index (κ2) is 31.7.